The molecular weight excluding hydrogens is 653 g/mol. The van der Waals surface area contributed by atoms with Crippen molar-refractivity contribution in [3.63, 3.8) is 0 Å². The molecule has 0 aliphatic heterocycles. The lowest BCUT2D eigenvalue weighted by Gasteiger charge is -2.24. The molecule has 0 aliphatic carbocycles. The first-order valence-corrected chi connectivity index (χ1v) is 22.2. The van der Waals surface area contributed by atoms with E-state index in [1.807, 2.05) is 21.1 Å². The zero-order chi connectivity index (χ0) is 37.2. The molecule has 0 saturated carbocycles. The predicted octanol–water partition coefficient (Wildman–Crippen LogP) is 11.2. The Morgan fingerprint density at radius 2 is 0.940 bits per heavy atom. The number of hydrogen-bond donors (Lipinski definition) is 1. The minimum atomic E-state index is -4.32. The second-order valence-electron chi connectivity index (χ2n) is 15.5. The van der Waals surface area contributed by atoms with Crippen molar-refractivity contribution in [2.45, 2.75) is 200 Å². The summed E-state index contributed by atoms with van der Waals surface area (Å²) in [4.78, 5) is 33.5. The molecule has 10 heteroatoms. The smallest absolute Gasteiger partial charge is 0.462 e. The van der Waals surface area contributed by atoms with E-state index >= 15 is 0 Å². The van der Waals surface area contributed by atoms with Gasteiger partial charge in [0.2, 0.25) is 0 Å². The number of ether oxygens (including phenoxy) is 2. The molecule has 0 spiro atoms. The van der Waals surface area contributed by atoms with Crippen LogP contribution in [0.2, 0.25) is 0 Å². The van der Waals surface area contributed by atoms with Crippen LogP contribution in [0.25, 0.3) is 0 Å². The van der Waals surface area contributed by atoms with Crippen molar-refractivity contribution < 1.29 is 42.1 Å². The number of likely N-dealkylation sites (N-methyl/N-ethyl adjacent to an activating group) is 1. The summed E-state index contributed by atoms with van der Waals surface area (Å²) in [5.41, 5.74) is 0. The number of hydrogen-bond acceptors (Lipinski definition) is 7. The standard InChI is InChI=1S/C40H80NO8P/c1-6-7-8-9-10-11-12-13-14-15-16-17-18-19-20-21-22-23-24-25-26-27-28-29-30-31-32-33-40(43)46-36-39(49-38(2)42)37-48-50(44,45)47-35-34-41(3,4)5/h39H,6-37H2,1-5H3/p+1/t39-/m1/s1. The van der Waals surface area contributed by atoms with E-state index in [4.69, 9.17) is 18.5 Å². The van der Waals surface area contributed by atoms with Gasteiger partial charge < -0.3 is 18.9 Å². The highest BCUT2D eigenvalue weighted by Crippen LogP contribution is 2.43. The number of esters is 2. The van der Waals surface area contributed by atoms with Crippen molar-refractivity contribution in [1.29, 1.82) is 0 Å². The highest BCUT2D eigenvalue weighted by Gasteiger charge is 2.26. The van der Waals surface area contributed by atoms with Crippen LogP contribution in [0, 0.1) is 0 Å². The Balaban J connectivity index is 3.56. The van der Waals surface area contributed by atoms with Crippen molar-refractivity contribution in [2.24, 2.45) is 0 Å². The maximum Gasteiger partial charge on any atom is 0.472 e. The van der Waals surface area contributed by atoms with E-state index in [0.717, 1.165) is 19.3 Å². The minimum absolute atomic E-state index is 0.0319. The van der Waals surface area contributed by atoms with Gasteiger partial charge in [0.15, 0.2) is 6.10 Å². The van der Waals surface area contributed by atoms with Crippen LogP contribution in [0.15, 0.2) is 0 Å². The number of carbonyl (C=O) groups is 2. The summed E-state index contributed by atoms with van der Waals surface area (Å²) in [6.45, 7) is 3.40. The SMILES string of the molecule is CCCCCCCCCCCCCCCCCCCCCCCCCCCCCC(=O)OC[C@H](COP(=O)(O)OCC[N+](C)(C)C)OC(C)=O. The van der Waals surface area contributed by atoms with Gasteiger partial charge in [0.1, 0.15) is 19.8 Å². The van der Waals surface area contributed by atoms with Crippen molar-refractivity contribution in [3.8, 4) is 0 Å². The third-order valence-electron chi connectivity index (χ3n) is 9.19. The molecule has 0 aromatic rings. The number of phosphoric acid groups is 1. The Morgan fingerprint density at radius 3 is 1.28 bits per heavy atom. The number of nitrogens with zero attached hydrogens (tertiary/aromatic N) is 1. The monoisotopic (exact) mass is 735 g/mol. The summed E-state index contributed by atoms with van der Waals surface area (Å²) < 4.78 is 33.0. The van der Waals surface area contributed by atoms with E-state index in [1.165, 1.54) is 161 Å². The second kappa shape index (κ2) is 33.8. The molecule has 0 heterocycles. The van der Waals surface area contributed by atoms with Gasteiger partial charge in [-0.05, 0) is 6.42 Å². The number of quaternary nitrogens is 1. The molecule has 0 saturated heterocycles. The lowest BCUT2D eigenvalue weighted by Crippen LogP contribution is -2.37. The summed E-state index contributed by atoms with van der Waals surface area (Å²) in [6, 6.07) is 0. The quantitative estimate of drug-likeness (QED) is 0.0289. The largest absolute Gasteiger partial charge is 0.472 e. The van der Waals surface area contributed by atoms with E-state index in [9.17, 15) is 19.0 Å². The van der Waals surface area contributed by atoms with E-state index in [0.29, 0.717) is 17.4 Å². The Bertz CT molecular complexity index is 835. The fourth-order valence-electron chi connectivity index (χ4n) is 6.02. The molecule has 0 radical (unpaired) electrons. The predicted molar refractivity (Wildman–Crippen MR) is 206 cm³/mol. The first kappa shape index (κ1) is 49.0. The lowest BCUT2D eigenvalue weighted by molar-refractivity contribution is -0.870. The van der Waals surface area contributed by atoms with Gasteiger partial charge in [-0.1, -0.05) is 174 Å². The van der Waals surface area contributed by atoms with E-state index in [-0.39, 0.29) is 19.2 Å². The fourth-order valence-corrected chi connectivity index (χ4v) is 6.76. The molecule has 298 valence electrons. The first-order chi connectivity index (χ1) is 23.9. The van der Waals surface area contributed by atoms with Gasteiger partial charge in [-0.2, -0.15) is 0 Å². The van der Waals surface area contributed by atoms with Gasteiger partial charge >= 0.3 is 19.8 Å². The van der Waals surface area contributed by atoms with Crippen LogP contribution in [-0.4, -0.2) is 74.9 Å². The summed E-state index contributed by atoms with van der Waals surface area (Å²) in [6.07, 6.45) is 35.6. The fraction of sp³-hybridized carbons (Fsp3) is 0.950. The summed E-state index contributed by atoms with van der Waals surface area (Å²) in [5.74, 6) is -0.980. The number of unbranched alkanes of at least 4 members (excludes halogenated alkanes) is 26. The Morgan fingerprint density at radius 1 is 0.580 bits per heavy atom. The number of carbonyl (C=O) groups excluding carboxylic acids is 2. The third kappa shape index (κ3) is 38.2. The van der Waals surface area contributed by atoms with Crippen LogP contribution in [0.5, 0.6) is 0 Å². The highest BCUT2D eigenvalue weighted by molar-refractivity contribution is 7.47. The summed E-state index contributed by atoms with van der Waals surface area (Å²) in [7, 11) is 1.48. The Hall–Kier alpha value is -0.990. The zero-order valence-corrected chi connectivity index (χ0v) is 34.3. The van der Waals surface area contributed by atoms with E-state index in [2.05, 4.69) is 6.92 Å². The van der Waals surface area contributed by atoms with Crippen molar-refractivity contribution in [2.75, 3.05) is 47.5 Å². The second-order valence-corrected chi connectivity index (χ2v) is 16.9. The van der Waals surface area contributed by atoms with Gasteiger partial charge in [0.25, 0.3) is 0 Å². The maximum absolute atomic E-state index is 12.2. The molecule has 9 nitrogen and oxygen atoms in total. The summed E-state index contributed by atoms with van der Waals surface area (Å²) in [5, 5.41) is 0. The molecule has 0 aromatic heterocycles. The molecular formula is C40H81NO8P+. The van der Waals surface area contributed by atoms with Crippen molar-refractivity contribution in [3.05, 3.63) is 0 Å². The third-order valence-corrected chi connectivity index (χ3v) is 10.2. The van der Waals surface area contributed by atoms with E-state index in [1.54, 1.807) is 0 Å². The van der Waals surface area contributed by atoms with Crippen molar-refractivity contribution >= 4 is 19.8 Å². The molecule has 0 rings (SSSR count). The molecule has 0 aromatic carbocycles. The zero-order valence-electron chi connectivity index (χ0n) is 33.4. The van der Waals surface area contributed by atoms with Crippen LogP contribution in [0.3, 0.4) is 0 Å². The van der Waals surface area contributed by atoms with Crippen LogP contribution in [-0.2, 0) is 32.7 Å². The van der Waals surface area contributed by atoms with Crippen LogP contribution in [0.1, 0.15) is 194 Å². The average Bonchev–Trinajstić information content (AvgIpc) is 3.04. The van der Waals surface area contributed by atoms with Gasteiger partial charge in [0.05, 0.1) is 27.7 Å². The molecule has 0 bridgehead atoms. The maximum atomic E-state index is 12.2. The molecule has 1 N–H and O–H groups in total. The number of phosphoric ester groups is 1. The Labute approximate surface area is 308 Å². The minimum Gasteiger partial charge on any atom is -0.462 e. The average molecular weight is 735 g/mol. The molecule has 0 amide bonds. The van der Waals surface area contributed by atoms with E-state index < -0.39 is 26.5 Å². The molecule has 1 unspecified atom stereocenters. The first-order valence-electron chi connectivity index (χ1n) is 20.7. The molecule has 50 heavy (non-hydrogen) atoms. The van der Waals surface area contributed by atoms with Gasteiger partial charge in [-0.15, -0.1) is 0 Å². The van der Waals surface area contributed by atoms with Crippen LogP contribution < -0.4 is 0 Å². The molecule has 0 fully saturated rings. The van der Waals surface area contributed by atoms with Gasteiger partial charge in [0, 0.05) is 13.3 Å². The van der Waals surface area contributed by atoms with Gasteiger partial charge in [-0.25, -0.2) is 4.57 Å². The van der Waals surface area contributed by atoms with Crippen LogP contribution in [0.4, 0.5) is 0 Å². The van der Waals surface area contributed by atoms with Gasteiger partial charge in [-0.3, -0.25) is 18.6 Å². The number of rotatable bonds is 38. The highest BCUT2D eigenvalue weighted by atomic mass is 31.2. The summed E-state index contributed by atoms with van der Waals surface area (Å²) >= 11 is 0. The molecule has 0 aliphatic rings. The lowest BCUT2D eigenvalue weighted by atomic mass is 10.0. The van der Waals surface area contributed by atoms with Crippen molar-refractivity contribution in [1.82, 2.24) is 0 Å². The normalized spacial score (nSPS) is 13.6. The Kier molecular flexibility index (Phi) is 33.2. The topological polar surface area (TPSA) is 108 Å². The molecule has 2 atom stereocenters. The van der Waals surface area contributed by atoms with Crippen LogP contribution >= 0.6 is 7.82 Å².